The minimum Gasteiger partial charge on any atom is -0.433 e. The van der Waals surface area contributed by atoms with Gasteiger partial charge in [0.1, 0.15) is 0 Å². The lowest BCUT2D eigenvalue weighted by molar-refractivity contribution is -0.243. The summed E-state index contributed by atoms with van der Waals surface area (Å²) >= 11 is 0. The number of hydrogen-bond donors (Lipinski definition) is 1. The third-order valence-corrected chi connectivity index (χ3v) is 0.397. The second-order valence-corrected chi connectivity index (χ2v) is 0.930. The SMILES string of the molecule is C=COC(=O)COO. The molecule has 0 atom stereocenters. The van der Waals surface area contributed by atoms with Gasteiger partial charge in [-0.1, -0.05) is 6.58 Å². The molecule has 8 heavy (non-hydrogen) atoms. The lowest BCUT2D eigenvalue weighted by Gasteiger charge is -1.91. The first kappa shape index (κ1) is 7.13. The van der Waals surface area contributed by atoms with Gasteiger partial charge in [-0.2, -0.15) is 0 Å². The molecular weight excluding hydrogens is 112 g/mol. The maximum absolute atomic E-state index is 10.1. The molecule has 0 aromatic carbocycles. The van der Waals surface area contributed by atoms with Crippen LogP contribution >= 0.6 is 0 Å². The second-order valence-electron chi connectivity index (χ2n) is 0.930. The number of esters is 1. The minimum atomic E-state index is -0.678. The van der Waals surface area contributed by atoms with Gasteiger partial charge >= 0.3 is 5.97 Å². The minimum absolute atomic E-state index is 0.466. The number of carbonyl (C=O) groups excluding carboxylic acids is 1. The molecule has 4 heteroatoms. The molecule has 0 saturated carbocycles. The molecule has 1 N–H and O–H groups in total. The quantitative estimate of drug-likeness (QED) is 0.248. The summed E-state index contributed by atoms with van der Waals surface area (Å²) in [4.78, 5) is 13.5. The fourth-order valence-electron chi connectivity index (χ4n) is 0.180. The van der Waals surface area contributed by atoms with Crippen LogP contribution in [0.15, 0.2) is 12.8 Å². The van der Waals surface area contributed by atoms with Crippen molar-refractivity contribution in [3.8, 4) is 0 Å². The van der Waals surface area contributed by atoms with Crippen LogP contribution in [-0.4, -0.2) is 17.8 Å². The number of rotatable bonds is 3. The predicted octanol–water partition coefficient (Wildman–Crippen LogP) is 0.163. The Morgan fingerprint density at radius 1 is 1.88 bits per heavy atom. The maximum atomic E-state index is 10.1. The van der Waals surface area contributed by atoms with E-state index in [9.17, 15) is 4.79 Å². The molecule has 0 fully saturated rings. The molecule has 0 spiro atoms. The normalized spacial score (nSPS) is 8.12. The van der Waals surface area contributed by atoms with Gasteiger partial charge in [-0.15, -0.1) is 0 Å². The Labute approximate surface area is 46.3 Å². The van der Waals surface area contributed by atoms with E-state index < -0.39 is 12.6 Å². The Bertz CT molecular complexity index is 88.0. The first-order chi connectivity index (χ1) is 3.81. The van der Waals surface area contributed by atoms with Crippen LogP contribution in [0.25, 0.3) is 0 Å². The predicted molar refractivity (Wildman–Crippen MR) is 24.9 cm³/mol. The highest BCUT2D eigenvalue weighted by molar-refractivity contribution is 5.71. The molecule has 0 radical (unpaired) electrons. The highest BCUT2D eigenvalue weighted by Crippen LogP contribution is 1.76. The molecule has 0 aromatic rings. The molecule has 0 amide bonds. The lowest BCUT2D eigenvalue weighted by Crippen LogP contribution is -2.06. The van der Waals surface area contributed by atoms with Crippen molar-refractivity contribution in [1.29, 1.82) is 0 Å². The molecule has 0 aliphatic rings. The summed E-state index contributed by atoms with van der Waals surface area (Å²) in [5, 5.41) is 7.63. The molecule has 0 heterocycles. The Morgan fingerprint density at radius 2 is 2.50 bits per heavy atom. The fraction of sp³-hybridized carbons (Fsp3) is 0.250. The maximum Gasteiger partial charge on any atom is 0.340 e. The van der Waals surface area contributed by atoms with Gasteiger partial charge in [-0.3, -0.25) is 5.26 Å². The van der Waals surface area contributed by atoms with Crippen LogP contribution in [0.3, 0.4) is 0 Å². The van der Waals surface area contributed by atoms with Crippen molar-refractivity contribution >= 4 is 5.97 Å². The number of ether oxygens (including phenoxy) is 1. The summed E-state index contributed by atoms with van der Waals surface area (Å²) in [7, 11) is 0. The van der Waals surface area contributed by atoms with Crippen LogP contribution in [0.5, 0.6) is 0 Å². The average molecular weight is 118 g/mol. The summed E-state index contributed by atoms with van der Waals surface area (Å²) in [6.45, 7) is 2.64. The molecule has 0 aliphatic carbocycles. The molecule has 0 saturated heterocycles. The summed E-state index contributed by atoms with van der Waals surface area (Å²) in [5.41, 5.74) is 0. The highest BCUT2D eigenvalue weighted by atomic mass is 17.1. The molecule has 0 rings (SSSR count). The van der Waals surface area contributed by atoms with Crippen LogP contribution < -0.4 is 0 Å². The van der Waals surface area contributed by atoms with Gasteiger partial charge in [-0.05, 0) is 0 Å². The van der Waals surface area contributed by atoms with Crippen molar-refractivity contribution in [3.05, 3.63) is 12.8 Å². The van der Waals surface area contributed by atoms with Gasteiger partial charge in [0, 0.05) is 0 Å². The molecule has 46 valence electrons. The van der Waals surface area contributed by atoms with Crippen molar-refractivity contribution < 1.29 is 19.7 Å². The Balaban J connectivity index is 3.18. The van der Waals surface area contributed by atoms with Gasteiger partial charge in [0.25, 0.3) is 0 Å². The molecule has 0 unspecified atom stereocenters. The zero-order valence-electron chi connectivity index (χ0n) is 4.16. The molecule has 4 nitrogen and oxygen atoms in total. The molecule has 0 aromatic heterocycles. The van der Waals surface area contributed by atoms with Crippen molar-refractivity contribution in [2.45, 2.75) is 0 Å². The first-order valence-electron chi connectivity index (χ1n) is 1.88. The van der Waals surface area contributed by atoms with E-state index in [2.05, 4.69) is 16.2 Å². The smallest absolute Gasteiger partial charge is 0.340 e. The van der Waals surface area contributed by atoms with Gasteiger partial charge < -0.3 is 4.74 Å². The fourth-order valence-corrected chi connectivity index (χ4v) is 0.180. The number of hydrogen-bond acceptors (Lipinski definition) is 4. The Hall–Kier alpha value is -0.870. The molecular formula is C4H6O4. The van der Waals surface area contributed by atoms with Gasteiger partial charge in [0.15, 0.2) is 6.61 Å². The van der Waals surface area contributed by atoms with Crippen LogP contribution in [-0.2, 0) is 14.4 Å². The molecule has 0 bridgehead atoms. The Kier molecular flexibility index (Phi) is 3.83. The zero-order valence-corrected chi connectivity index (χ0v) is 4.16. The van der Waals surface area contributed by atoms with Gasteiger partial charge in [-0.25, -0.2) is 9.68 Å². The van der Waals surface area contributed by atoms with Crippen LogP contribution in [0.1, 0.15) is 0 Å². The summed E-state index contributed by atoms with van der Waals surface area (Å²) in [5.74, 6) is -0.678. The topological polar surface area (TPSA) is 55.8 Å². The van der Waals surface area contributed by atoms with E-state index >= 15 is 0 Å². The van der Waals surface area contributed by atoms with Crippen LogP contribution in [0.4, 0.5) is 0 Å². The summed E-state index contributed by atoms with van der Waals surface area (Å²) in [6.07, 6.45) is 0.960. The summed E-state index contributed by atoms with van der Waals surface area (Å²) in [6, 6.07) is 0. The first-order valence-corrected chi connectivity index (χ1v) is 1.88. The zero-order chi connectivity index (χ0) is 6.41. The van der Waals surface area contributed by atoms with E-state index in [4.69, 9.17) is 5.26 Å². The molecule has 0 aliphatic heterocycles. The average Bonchev–Trinajstić information content (AvgIpc) is 1.68. The van der Waals surface area contributed by atoms with Crippen LogP contribution in [0.2, 0.25) is 0 Å². The summed E-state index contributed by atoms with van der Waals surface area (Å²) < 4.78 is 4.12. The highest BCUT2D eigenvalue weighted by Gasteiger charge is 1.96. The van der Waals surface area contributed by atoms with E-state index in [-0.39, 0.29) is 0 Å². The van der Waals surface area contributed by atoms with Crippen molar-refractivity contribution in [2.75, 3.05) is 6.61 Å². The lowest BCUT2D eigenvalue weighted by atomic mass is 10.7. The monoisotopic (exact) mass is 118 g/mol. The van der Waals surface area contributed by atoms with E-state index in [1.54, 1.807) is 0 Å². The third-order valence-electron chi connectivity index (χ3n) is 0.397. The van der Waals surface area contributed by atoms with E-state index in [0.29, 0.717) is 0 Å². The van der Waals surface area contributed by atoms with Crippen molar-refractivity contribution in [2.24, 2.45) is 0 Å². The Morgan fingerprint density at radius 3 is 2.88 bits per heavy atom. The largest absolute Gasteiger partial charge is 0.433 e. The van der Waals surface area contributed by atoms with Crippen LogP contribution in [0, 0.1) is 0 Å². The van der Waals surface area contributed by atoms with E-state index in [0.717, 1.165) is 6.26 Å². The van der Waals surface area contributed by atoms with Gasteiger partial charge in [0.2, 0.25) is 0 Å². The standard InChI is InChI=1S/C4H6O4/c1-2-7-4(5)3-8-6/h2,6H,1,3H2. The van der Waals surface area contributed by atoms with E-state index in [1.165, 1.54) is 0 Å². The van der Waals surface area contributed by atoms with Crippen molar-refractivity contribution in [3.63, 3.8) is 0 Å². The van der Waals surface area contributed by atoms with Gasteiger partial charge in [0.05, 0.1) is 6.26 Å². The third kappa shape index (κ3) is 3.32. The number of carbonyl (C=O) groups is 1. The van der Waals surface area contributed by atoms with E-state index in [1.807, 2.05) is 0 Å². The second kappa shape index (κ2) is 4.29. The van der Waals surface area contributed by atoms with Crippen molar-refractivity contribution in [1.82, 2.24) is 0 Å².